The number of halogens is 3. The third-order valence-corrected chi connectivity index (χ3v) is 3.73. The van der Waals surface area contributed by atoms with Gasteiger partial charge in [0, 0.05) is 17.1 Å². The fraction of sp³-hybridized carbons (Fsp3) is 0.278. The van der Waals surface area contributed by atoms with Gasteiger partial charge in [-0.2, -0.15) is 8.78 Å². The molecule has 7 heteroatoms. The summed E-state index contributed by atoms with van der Waals surface area (Å²) in [6, 6.07) is 13.7. The second-order valence-electron chi connectivity index (χ2n) is 5.74. The average Bonchev–Trinajstić information content (AvgIpc) is 2.54. The summed E-state index contributed by atoms with van der Waals surface area (Å²) in [5.74, 6) is 0.0470. The molecule has 0 aliphatic rings. The Morgan fingerprint density at radius 2 is 1.92 bits per heavy atom. The van der Waals surface area contributed by atoms with Gasteiger partial charge in [-0.05, 0) is 42.0 Å². The van der Waals surface area contributed by atoms with Crippen molar-refractivity contribution in [3.05, 3.63) is 64.7 Å². The van der Waals surface area contributed by atoms with Crippen LogP contribution in [0, 0.1) is 0 Å². The summed E-state index contributed by atoms with van der Waals surface area (Å²) in [4.78, 5) is 13.0. The summed E-state index contributed by atoms with van der Waals surface area (Å²) in [5.41, 5.74) is 1.87. The molecule has 2 aromatic rings. The number of likely N-dealkylation sites (N-methyl/N-ethyl adjacent to an activating group) is 1. The summed E-state index contributed by atoms with van der Waals surface area (Å²) in [7, 11) is 1.89. The number of nitrogens with one attached hydrogen (secondary N) is 2. The van der Waals surface area contributed by atoms with Gasteiger partial charge in [0.1, 0.15) is 12.3 Å². The lowest BCUT2D eigenvalue weighted by Gasteiger charge is -2.14. The molecular weight excluding hydrogens is 350 g/mol. The summed E-state index contributed by atoms with van der Waals surface area (Å²) < 4.78 is 28.5. The maximum Gasteiger partial charge on any atom is 0.387 e. The van der Waals surface area contributed by atoms with Crippen LogP contribution in [-0.2, 0) is 17.9 Å². The maximum absolute atomic E-state index is 12.1. The minimum atomic E-state index is -2.83. The number of rotatable bonds is 8. The second kappa shape index (κ2) is 9.34. The Bertz CT molecular complexity index is 696. The number of alkyl halides is 2. The van der Waals surface area contributed by atoms with E-state index in [0.29, 0.717) is 24.7 Å². The van der Waals surface area contributed by atoms with E-state index in [0.717, 1.165) is 16.0 Å². The number of carbonyl (C=O) groups excluding carboxylic acids is 1. The smallest absolute Gasteiger partial charge is 0.387 e. The maximum atomic E-state index is 12.1. The molecule has 1 amide bonds. The molecule has 0 spiro atoms. The van der Waals surface area contributed by atoms with E-state index in [2.05, 4.69) is 10.1 Å². The van der Waals surface area contributed by atoms with Crippen molar-refractivity contribution in [2.24, 2.45) is 0 Å². The minimum absolute atomic E-state index is 0.0740. The predicted octanol–water partition coefficient (Wildman–Crippen LogP) is 2.27. The number of benzene rings is 2. The van der Waals surface area contributed by atoms with Crippen molar-refractivity contribution in [2.45, 2.75) is 19.7 Å². The van der Waals surface area contributed by atoms with Crippen LogP contribution < -0.4 is 15.0 Å². The molecule has 2 N–H and O–H groups in total. The van der Waals surface area contributed by atoms with Gasteiger partial charge in [0.25, 0.3) is 5.91 Å². The van der Waals surface area contributed by atoms with Crippen LogP contribution in [0.25, 0.3) is 0 Å². The molecule has 2 rings (SSSR count). The predicted molar refractivity (Wildman–Crippen MR) is 91.8 cm³/mol. The van der Waals surface area contributed by atoms with Crippen molar-refractivity contribution in [2.75, 3.05) is 13.6 Å². The fourth-order valence-electron chi connectivity index (χ4n) is 2.38. The van der Waals surface area contributed by atoms with Gasteiger partial charge in [-0.1, -0.05) is 23.7 Å². The van der Waals surface area contributed by atoms with Gasteiger partial charge in [0.2, 0.25) is 0 Å². The number of hydrogen-bond acceptors (Lipinski definition) is 2. The van der Waals surface area contributed by atoms with Gasteiger partial charge < -0.3 is 15.0 Å². The van der Waals surface area contributed by atoms with Gasteiger partial charge >= 0.3 is 6.61 Å². The van der Waals surface area contributed by atoms with E-state index in [9.17, 15) is 13.6 Å². The van der Waals surface area contributed by atoms with Gasteiger partial charge in [0.05, 0.1) is 7.05 Å². The van der Waals surface area contributed by atoms with Crippen LogP contribution in [-0.4, -0.2) is 26.1 Å². The van der Waals surface area contributed by atoms with E-state index in [4.69, 9.17) is 11.6 Å². The van der Waals surface area contributed by atoms with Crippen LogP contribution in [0.5, 0.6) is 5.75 Å². The van der Waals surface area contributed by atoms with Crippen molar-refractivity contribution in [3.8, 4) is 5.75 Å². The lowest BCUT2D eigenvalue weighted by molar-refractivity contribution is -0.885. The normalized spacial score (nSPS) is 12.0. The van der Waals surface area contributed by atoms with E-state index in [1.807, 2.05) is 19.2 Å². The average molecular weight is 370 g/mol. The lowest BCUT2D eigenvalue weighted by atomic mass is 10.2. The molecule has 0 aromatic heterocycles. The summed E-state index contributed by atoms with van der Waals surface area (Å²) in [6.07, 6.45) is 0. The topological polar surface area (TPSA) is 42.8 Å². The van der Waals surface area contributed by atoms with Crippen molar-refractivity contribution in [1.29, 1.82) is 0 Å². The quantitative estimate of drug-likeness (QED) is 0.749. The first kappa shape index (κ1) is 19.1. The van der Waals surface area contributed by atoms with Crippen molar-refractivity contribution >= 4 is 17.5 Å². The Balaban J connectivity index is 1.77. The molecule has 2 aromatic carbocycles. The molecule has 0 radical (unpaired) electrons. The number of carbonyl (C=O) groups is 1. The highest BCUT2D eigenvalue weighted by molar-refractivity contribution is 6.30. The highest BCUT2D eigenvalue weighted by Crippen LogP contribution is 2.14. The van der Waals surface area contributed by atoms with E-state index in [1.165, 1.54) is 12.1 Å². The van der Waals surface area contributed by atoms with Gasteiger partial charge in [-0.3, -0.25) is 4.79 Å². The Kier molecular flexibility index (Phi) is 7.16. The first-order chi connectivity index (χ1) is 11.9. The van der Waals surface area contributed by atoms with E-state index < -0.39 is 6.61 Å². The standard InChI is InChI=1S/C18H19ClF2N2O2/c1-23(11-13-5-7-16(8-6-13)25-18(20)21)12-17(24)22-10-14-3-2-4-15(19)9-14/h2-9,18H,10-12H2,1H3,(H,22,24)/p+1. The van der Waals surface area contributed by atoms with E-state index in [1.54, 1.807) is 24.3 Å². The Morgan fingerprint density at radius 1 is 1.20 bits per heavy atom. The zero-order chi connectivity index (χ0) is 18.2. The number of ether oxygens (including phenoxy) is 1. The van der Waals surface area contributed by atoms with Crippen LogP contribution >= 0.6 is 11.6 Å². The molecule has 1 atom stereocenters. The zero-order valence-electron chi connectivity index (χ0n) is 13.8. The second-order valence-corrected chi connectivity index (χ2v) is 6.18. The molecule has 25 heavy (non-hydrogen) atoms. The van der Waals surface area contributed by atoms with Crippen LogP contribution in [0.4, 0.5) is 8.78 Å². The molecule has 0 saturated heterocycles. The zero-order valence-corrected chi connectivity index (χ0v) is 14.5. The molecule has 0 aliphatic carbocycles. The van der Waals surface area contributed by atoms with Crippen LogP contribution in [0.15, 0.2) is 48.5 Å². The minimum Gasteiger partial charge on any atom is -0.435 e. The van der Waals surface area contributed by atoms with Crippen molar-refractivity contribution in [3.63, 3.8) is 0 Å². The van der Waals surface area contributed by atoms with E-state index >= 15 is 0 Å². The monoisotopic (exact) mass is 369 g/mol. The highest BCUT2D eigenvalue weighted by Gasteiger charge is 2.11. The molecule has 0 aliphatic heterocycles. The van der Waals surface area contributed by atoms with Gasteiger partial charge in [0.15, 0.2) is 6.54 Å². The fourth-order valence-corrected chi connectivity index (χ4v) is 2.60. The number of amides is 1. The molecule has 0 saturated carbocycles. The lowest BCUT2D eigenvalue weighted by Crippen LogP contribution is -3.08. The van der Waals surface area contributed by atoms with E-state index in [-0.39, 0.29) is 11.7 Å². The Morgan fingerprint density at radius 3 is 2.56 bits per heavy atom. The van der Waals surface area contributed by atoms with Gasteiger partial charge in [-0.25, -0.2) is 0 Å². The summed E-state index contributed by atoms with van der Waals surface area (Å²) in [5, 5.41) is 3.48. The molecular formula is C18H20ClF2N2O2+. The van der Waals surface area contributed by atoms with Gasteiger partial charge in [-0.15, -0.1) is 0 Å². The van der Waals surface area contributed by atoms with Crippen molar-refractivity contribution < 1.29 is 23.2 Å². The number of hydrogen-bond donors (Lipinski definition) is 2. The molecule has 0 bridgehead atoms. The van der Waals surface area contributed by atoms with Crippen LogP contribution in [0.1, 0.15) is 11.1 Å². The third kappa shape index (κ3) is 7.07. The summed E-state index contributed by atoms with van der Waals surface area (Å²) >= 11 is 5.91. The molecule has 134 valence electrons. The summed E-state index contributed by atoms with van der Waals surface area (Å²) in [6.45, 7) is -1.51. The SMILES string of the molecule is C[NH+](CC(=O)NCc1cccc(Cl)c1)Cc1ccc(OC(F)F)cc1. The third-order valence-electron chi connectivity index (χ3n) is 3.50. The largest absolute Gasteiger partial charge is 0.435 e. The first-order valence-corrected chi connectivity index (χ1v) is 8.16. The number of quaternary nitrogens is 1. The Labute approximate surface area is 150 Å². The first-order valence-electron chi connectivity index (χ1n) is 7.78. The highest BCUT2D eigenvalue weighted by atomic mass is 35.5. The van der Waals surface area contributed by atoms with Crippen LogP contribution in [0.2, 0.25) is 5.02 Å². The molecule has 4 nitrogen and oxygen atoms in total. The molecule has 1 unspecified atom stereocenters. The van der Waals surface area contributed by atoms with Crippen molar-refractivity contribution in [1.82, 2.24) is 5.32 Å². The molecule has 0 heterocycles. The molecule has 0 fully saturated rings. The Hall–Kier alpha value is -2.18. The van der Waals surface area contributed by atoms with Crippen LogP contribution in [0.3, 0.4) is 0 Å².